The zero-order valence-corrected chi connectivity index (χ0v) is 9.69. The molecule has 1 aromatic carbocycles. The number of methoxy groups -OCH3 is 1. The summed E-state index contributed by atoms with van der Waals surface area (Å²) in [6.45, 7) is 2.65. The van der Waals surface area contributed by atoms with Gasteiger partial charge < -0.3 is 10.1 Å². The third-order valence-corrected chi connectivity index (χ3v) is 3.09. The third kappa shape index (κ3) is 2.35. The van der Waals surface area contributed by atoms with E-state index >= 15 is 0 Å². The van der Waals surface area contributed by atoms with Crippen LogP contribution in [-0.2, 0) is 11.3 Å². The Hall–Kier alpha value is -1.51. The summed E-state index contributed by atoms with van der Waals surface area (Å²) in [6.07, 6.45) is 1.03. The van der Waals surface area contributed by atoms with Crippen molar-refractivity contribution in [2.24, 2.45) is 11.8 Å². The van der Waals surface area contributed by atoms with Crippen LogP contribution >= 0.6 is 0 Å². The molecule has 0 heterocycles. The molecule has 1 N–H and O–H groups in total. The number of carbonyl (C=O) groups is 1. The minimum Gasteiger partial charge on any atom is -0.496 e. The summed E-state index contributed by atoms with van der Waals surface area (Å²) in [5.74, 6) is 1.78. The number of hydrogen-bond donors (Lipinski definition) is 1. The monoisotopic (exact) mass is 219 g/mol. The maximum absolute atomic E-state index is 11.6. The smallest absolute Gasteiger partial charge is 0.223 e. The topological polar surface area (TPSA) is 38.3 Å². The lowest BCUT2D eigenvalue weighted by Gasteiger charge is -2.09. The highest BCUT2D eigenvalue weighted by Crippen LogP contribution is 2.37. The first-order valence-corrected chi connectivity index (χ1v) is 5.62. The lowest BCUT2D eigenvalue weighted by atomic mass is 10.2. The number of benzene rings is 1. The van der Waals surface area contributed by atoms with E-state index in [-0.39, 0.29) is 11.8 Å². The Kier molecular flexibility index (Phi) is 3.13. The van der Waals surface area contributed by atoms with Crippen LogP contribution in [0, 0.1) is 11.8 Å². The van der Waals surface area contributed by atoms with E-state index in [1.54, 1.807) is 7.11 Å². The largest absolute Gasteiger partial charge is 0.496 e. The van der Waals surface area contributed by atoms with Crippen LogP contribution in [0.25, 0.3) is 0 Å². The van der Waals surface area contributed by atoms with E-state index < -0.39 is 0 Å². The van der Waals surface area contributed by atoms with Gasteiger partial charge in [-0.05, 0) is 18.4 Å². The van der Waals surface area contributed by atoms with Gasteiger partial charge in [0.15, 0.2) is 0 Å². The van der Waals surface area contributed by atoms with Crippen molar-refractivity contribution in [2.45, 2.75) is 19.9 Å². The third-order valence-electron chi connectivity index (χ3n) is 3.09. The molecule has 0 aliphatic heterocycles. The number of para-hydroxylation sites is 1. The van der Waals surface area contributed by atoms with Crippen LogP contribution in [0.3, 0.4) is 0 Å². The Morgan fingerprint density at radius 1 is 1.50 bits per heavy atom. The summed E-state index contributed by atoms with van der Waals surface area (Å²) in [5.41, 5.74) is 1.02. The van der Waals surface area contributed by atoms with E-state index in [9.17, 15) is 4.79 Å². The SMILES string of the molecule is COc1ccccc1CNC(=O)[C@@H]1C[C@@H]1C. The van der Waals surface area contributed by atoms with Crippen LogP contribution in [-0.4, -0.2) is 13.0 Å². The van der Waals surface area contributed by atoms with Gasteiger partial charge in [-0.2, -0.15) is 0 Å². The Bertz CT molecular complexity index is 389. The molecule has 0 aromatic heterocycles. The molecular weight excluding hydrogens is 202 g/mol. The molecule has 0 spiro atoms. The van der Waals surface area contributed by atoms with Crippen LogP contribution in [0.2, 0.25) is 0 Å². The van der Waals surface area contributed by atoms with Crippen LogP contribution in [0.5, 0.6) is 5.75 Å². The molecule has 1 aromatic rings. The molecule has 1 amide bonds. The van der Waals surface area contributed by atoms with Gasteiger partial charge in [-0.15, -0.1) is 0 Å². The predicted octanol–water partition coefficient (Wildman–Crippen LogP) is 1.97. The van der Waals surface area contributed by atoms with Crippen LogP contribution < -0.4 is 10.1 Å². The van der Waals surface area contributed by atoms with Gasteiger partial charge in [-0.1, -0.05) is 25.1 Å². The molecule has 1 aliphatic carbocycles. The Morgan fingerprint density at radius 2 is 2.19 bits per heavy atom. The molecule has 2 atom stereocenters. The number of carbonyl (C=O) groups excluding carboxylic acids is 1. The van der Waals surface area contributed by atoms with E-state index in [1.807, 2.05) is 24.3 Å². The van der Waals surface area contributed by atoms with Gasteiger partial charge in [-0.3, -0.25) is 4.79 Å². The van der Waals surface area contributed by atoms with Crippen molar-refractivity contribution in [1.29, 1.82) is 0 Å². The van der Waals surface area contributed by atoms with E-state index in [4.69, 9.17) is 4.74 Å². The zero-order valence-electron chi connectivity index (χ0n) is 9.69. The van der Waals surface area contributed by atoms with E-state index in [2.05, 4.69) is 12.2 Å². The molecule has 86 valence electrons. The summed E-state index contributed by atoms with van der Waals surface area (Å²) < 4.78 is 5.22. The number of nitrogens with one attached hydrogen (secondary N) is 1. The number of ether oxygens (including phenoxy) is 1. The molecule has 1 fully saturated rings. The first-order chi connectivity index (χ1) is 7.72. The van der Waals surface area contributed by atoms with Crippen molar-refractivity contribution >= 4 is 5.91 Å². The molecule has 0 unspecified atom stereocenters. The molecule has 1 aliphatic rings. The second kappa shape index (κ2) is 4.56. The standard InChI is InChI=1S/C13H17NO2/c1-9-7-11(9)13(15)14-8-10-5-3-4-6-12(10)16-2/h3-6,9,11H,7-8H2,1-2H3,(H,14,15)/t9-,11+/m0/s1. The van der Waals surface area contributed by atoms with Crippen molar-refractivity contribution in [2.75, 3.05) is 7.11 Å². The summed E-state index contributed by atoms with van der Waals surface area (Å²) in [5, 5.41) is 2.95. The van der Waals surface area contributed by atoms with Crippen LogP contribution in [0.1, 0.15) is 18.9 Å². The van der Waals surface area contributed by atoms with Gasteiger partial charge in [0, 0.05) is 18.0 Å². The molecular formula is C13H17NO2. The van der Waals surface area contributed by atoms with Gasteiger partial charge in [-0.25, -0.2) is 0 Å². The number of amides is 1. The highest BCUT2D eigenvalue weighted by molar-refractivity contribution is 5.81. The summed E-state index contributed by atoms with van der Waals surface area (Å²) in [4.78, 5) is 11.6. The molecule has 3 heteroatoms. The van der Waals surface area contributed by atoms with Gasteiger partial charge >= 0.3 is 0 Å². The number of hydrogen-bond acceptors (Lipinski definition) is 2. The minimum absolute atomic E-state index is 0.165. The molecule has 0 radical (unpaired) electrons. The van der Waals surface area contributed by atoms with E-state index in [1.165, 1.54) is 0 Å². The highest BCUT2D eigenvalue weighted by Gasteiger charge is 2.38. The second-order valence-electron chi connectivity index (χ2n) is 4.35. The maximum Gasteiger partial charge on any atom is 0.223 e. The van der Waals surface area contributed by atoms with Gasteiger partial charge in [0.25, 0.3) is 0 Å². The Labute approximate surface area is 95.8 Å². The molecule has 1 saturated carbocycles. The molecule has 0 saturated heterocycles. The van der Waals surface area contributed by atoms with Gasteiger partial charge in [0.2, 0.25) is 5.91 Å². The van der Waals surface area contributed by atoms with Crippen molar-refractivity contribution in [3.63, 3.8) is 0 Å². The summed E-state index contributed by atoms with van der Waals surface area (Å²) in [6, 6.07) is 7.74. The Morgan fingerprint density at radius 3 is 2.81 bits per heavy atom. The predicted molar refractivity (Wildman–Crippen MR) is 62.1 cm³/mol. The van der Waals surface area contributed by atoms with Crippen LogP contribution in [0.4, 0.5) is 0 Å². The molecule has 3 nitrogen and oxygen atoms in total. The van der Waals surface area contributed by atoms with Crippen molar-refractivity contribution in [1.82, 2.24) is 5.32 Å². The van der Waals surface area contributed by atoms with Crippen molar-refractivity contribution in [3.8, 4) is 5.75 Å². The lowest BCUT2D eigenvalue weighted by molar-refractivity contribution is -0.122. The second-order valence-corrected chi connectivity index (χ2v) is 4.35. The van der Waals surface area contributed by atoms with Gasteiger partial charge in [0.05, 0.1) is 7.11 Å². The summed E-state index contributed by atoms with van der Waals surface area (Å²) in [7, 11) is 1.64. The average molecular weight is 219 g/mol. The van der Waals surface area contributed by atoms with E-state index in [0.717, 1.165) is 17.7 Å². The Balaban J connectivity index is 1.91. The normalized spacial score (nSPS) is 22.6. The number of rotatable bonds is 4. The zero-order chi connectivity index (χ0) is 11.5. The van der Waals surface area contributed by atoms with Crippen LogP contribution in [0.15, 0.2) is 24.3 Å². The lowest BCUT2D eigenvalue weighted by Crippen LogP contribution is -2.25. The minimum atomic E-state index is 0.165. The molecule has 2 rings (SSSR count). The quantitative estimate of drug-likeness (QED) is 0.840. The average Bonchev–Trinajstić information content (AvgIpc) is 3.04. The van der Waals surface area contributed by atoms with Crippen molar-refractivity contribution < 1.29 is 9.53 Å². The maximum atomic E-state index is 11.6. The first-order valence-electron chi connectivity index (χ1n) is 5.62. The van der Waals surface area contributed by atoms with E-state index in [0.29, 0.717) is 12.5 Å². The first kappa shape index (κ1) is 11.0. The molecule has 0 bridgehead atoms. The molecule has 16 heavy (non-hydrogen) atoms. The summed E-state index contributed by atoms with van der Waals surface area (Å²) >= 11 is 0. The van der Waals surface area contributed by atoms with Crippen molar-refractivity contribution in [3.05, 3.63) is 29.8 Å². The van der Waals surface area contributed by atoms with Gasteiger partial charge in [0.1, 0.15) is 5.75 Å². The fourth-order valence-electron chi connectivity index (χ4n) is 1.85. The highest BCUT2D eigenvalue weighted by atomic mass is 16.5. The fraction of sp³-hybridized carbons (Fsp3) is 0.462. The fourth-order valence-corrected chi connectivity index (χ4v) is 1.85.